The van der Waals surface area contributed by atoms with Crippen LogP contribution in [-0.4, -0.2) is 25.9 Å². The molecule has 0 heterocycles. The number of methoxy groups -OCH3 is 2. The molecule has 0 amide bonds. The van der Waals surface area contributed by atoms with Gasteiger partial charge in [-0.2, -0.15) is 0 Å². The maximum atomic E-state index is 13.1. The number of rotatable bonds is 7. The van der Waals surface area contributed by atoms with Crippen molar-refractivity contribution >= 4 is 0 Å². The second kappa shape index (κ2) is 7.89. The Balaban J connectivity index is 2.00. The summed E-state index contributed by atoms with van der Waals surface area (Å²) in [6.07, 6.45) is -0.849. The molecule has 0 aromatic heterocycles. The van der Waals surface area contributed by atoms with Gasteiger partial charge in [-0.05, 0) is 35.9 Å². The zero-order chi connectivity index (χ0) is 16.8. The van der Waals surface area contributed by atoms with Crippen LogP contribution in [0.4, 0.5) is 8.78 Å². The fraction of sp³-hybridized carbons (Fsp3) is 0.294. The van der Waals surface area contributed by atoms with Gasteiger partial charge in [-0.3, -0.25) is 0 Å². The van der Waals surface area contributed by atoms with E-state index in [1.165, 1.54) is 26.4 Å². The molecule has 0 radical (unpaired) electrons. The molecular formula is C17H19F2NO3. The summed E-state index contributed by atoms with van der Waals surface area (Å²) in [6.45, 7) is 0.430. The number of halogens is 2. The molecule has 0 saturated carbocycles. The van der Waals surface area contributed by atoms with E-state index in [1.807, 2.05) is 0 Å². The van der Waals surface area contributed by atoms with Crippen LogP contribution in [0.1, 0.15) is 17.2 Å². The smallest absolute Gasteiger partial charge is 0.126 e. The first-order chi connectivity index (χ1) is 11.0. The molecule has 6 heteroatoms. The van der Waals surface area contributed by atoms with Crippen molar-refractivity contribution in [1.29, 1.82) is 0 Å². The lowest BCUT2D eigenvalue weighted by Gasteiger charge is -2.16. The standard InChI is InChI=1S/C17H19F2NO3/c1-22-14-3-4-17(23-2)15(8-14)16(21)10-20-9-11-5-12(18)7-13(19)6-11/h3-8,16,20-21H,9-10H2,1-2H3. The van der Waals surface area contributed by atoms with E-state index in [0.717, 1.165) is 6.07 Å². The maximum absolute atomic E-state index is 13.1. The highest BCUT2D eigenvalue weighted by Crippen LogP contribution is 2.29. The zero-order valence-corrected chi connectivity index (χ0v) is 13.0. The van der Waals surface area contributed by atoms with Crippen molar-refractivity contribution in [3.8, 4) is 11.5 Å². The number of hydrogen-bond acceptors (Lipinski definition) is 4. The van der Waals surface area contributed by atoms with Gasteiger partial charge < -0.3 is 19.9 Å². The Morgan fingerprint density at radius 3 is 2.35 bits per heavy atom. The SMILES string of the molecule is COc1ccc(OC)c(C(O)CNCc2cc(F)cc(F)c2)c1. The van der Waals surface area contributed by atoms with Gasteiger partial charge in [0.1, 0.15) is 23.1 Å². The Bertz CT molecular complexity index is 644. The predicted octanol–water partition coefficient (Wildman–Crippen LogP) is 2.81. The van der Waals surface area contributed by atoms with Crippen molar-refractivity contribution in [2.24, 2.45) is 0 Å². The average molecular weight is 323 g/mol. The van der Waals surface area contributed by atoms with Crippen LogP contribution in [0.5, 0.6) is 11.5 Å². The van der Waals surface area contributed by atoms with E-state index in [2.05, 4.69) is 5.32 Å². The zero-order valence-electron chi connectivity index (χ0n) is 13.0. The highest BCUT2D eigenvalue weighted by atomic mass is 19.1. The quantitative estimate of drug-likeness (QED) is 0.823. The predicted molar refractivity (Wildman–Crippen MR) is 82.6 cm³/mol. The largest absolute Gasteiger partial charge is 0.497 e. The summed E-state index contributed by atoms with van der Waals surface area (Å²) < 4.78 is 36.6. The van der Waals surface area contributed by atoms with E-state index in [-0.39, 0.29) is 13.1 Å². The summed E-state index contributed by atoms with van der Waals surface area (Å²) in [4.78, 5) is 0. The maximum Gasteiger partial charge on any atom is 0.126 e. The van der Waals surface area contributed by atoms with Crippen LogP contribution >= 0.6 is 0 Å². The number of ether oxygens (including phenoxy) is 2. The van der Waals surface area contributed by atoms with Crippen molar-refractivity contribution in [3.63, 3.8) is 0 Å². The van der Waals surface area contributed by atoms with E-state index in [9.17, 15) is 13.9 Å². The molecule has 0 aliphatic carbocycles. The van der Waals surface area contributed by atoms with Crippen LogP contribution in [0.15, 0.2) is 36.4 Å². The lowest BCUT2D eigenvalue weighted by Crippen LogP contribution is -2.21. The van der Waals surface area contributed by atoms with Gasteiger partial charge in [0.2, 0.25) is 0 Å². The lowest BCUT2D eigenvalue weighted by molar-refractivity contribution is 0.169. The molecular weight excluding hydrogens is 304 g/mol. The van der Waals surface area contributed by atoms with E-state index in [4.69, 9.17) is 9.47 Å². The molecule has 2 N–H and O–H groups in total. The summed E-state index contributed by atoms with van der Waals surface area (Å²) in [5, 5.41) is 13.3. The van der Waals surface area contributed by atoms with E-state index < -0.39 is 17.7 Å². The van der Waals surface area contributed by atoms with Crippen LogP contribution < -0.4 is 14.8 Å². The Hall–Kier alpha value is -2.18. The molecule has 0 fully saturated rings. The minimum Gasteiger partial charge on any atom is -0.497 e. The van der Waals surface area contributed by atoms with Gasteiger partial charge >= 0.3 is 0 Å². The van der Waals surface area contributed by atoms with Gasteiger partial charge in [-0.15, -0.1) is 0 Å². The number of hydrogen-bond donors (Lipinski definition) is 2. The fourth-order valence-corrected chi connectivity index (χ4v) is 2.28. The van der Waals surface area contributed by atoms with Gasteiger partial charge in [0, 0.05) is 24.7 Å². The van der Waals surface area contributed by atoms with E-state index in [1.54, 1.807) is 18.2 Å². The Morgan fingerprint density at radius 1 is 1.04 bits per heavy atom. The van der Waals surface area contributed by atoms with Gasteiger partial charge in [-0.25, -0.2) is 8.78 Å². The monoisotopic (exact) mass is 323 g/mol. The Morgan fingerprint density at radius 2 is 1.74 bits per heavy atom. The number of aliphatic hydroxyl groups excluding tert-OH is 1. The summed E-state index contributed by atoms with van der Waals surface area (Å²) in [5.74, 6) is -0.113. The van der Waals surface area contributed by atoms with Gasteiger partial charge in [-0.1, -0.05) is 0 Å². The van der Waals surface area contributed by atoms with Crippen LogP contribution in [-0.2, 0) is 6.54 Å². The Kier molecular flexibility index (Phi) is 5.90. The molecule has 1 unspecified atom stereocenters. The molecule has 4 nitrogen and oxygen atoms in total. The number of nitrogens with one attached hydrogen (secondary N) is 1. The number of benzene rings is 2. The molecule has 1 atom stereocenters. The summed E-state index contributed by atoms with van der Waals surface area (Å²) >= 11 is 0. The molecule has 0 aliphatic rings. The summed E-state index contributed by atoms with van der Waals surface area (Å²) in [7, 11) is 3.05. The molecule has 124 valence electrons. The minimum absolute atomic E-state index is 0.196. The molecule has 0 bridgehead atoms. The average Bonchev–Trinajstić information content (AvgIpc) is 2.53. The third-order valence-corrected chi connectivity index (χ3v) is 3.39. The minimum atomic E-state index is -0.849. The molecule has 23 heavy (non-hydrogen) atoms. The molecule has 2 rings (SSSR count). The van der Waals surface area contributed by atoms with Crippen LogP contribution in [0.2, 0.25) is 0 Å². The normalized spacial score (nSPS) is 12.0. The Labute approximate surface area is 133 Å². The first-order valence-electron chi connectivity index (χ1n) is 7.09. The number of aliphatic hydroxyl groups is 1. The summed E-state index contributed by atoms with van der Waals surface area (Å²) in [6, 6.07) is 8.44. The molecule has 0 saturated heterocycles. The third-order valence-electron chi connectivity index (χ3n) is 3.39. The van der Waals surface area contributed by atoms with Gasteiger partial charge in [0.05, 0.1) is 20.3 Å². The third kappa shape index (κ3) is 4.64. The van der Waals surface area contributed by atoms with Crippen molar-refractivity contribution in [1.82, 2.24) is 5.32 Å². The van der Waals surface area contributed by atoms with Crippen LogP contribution in [0, 0.1) is 11.6 Å². The topological polar surface area (TPSA) is 50.7 Å². The highest BCUT2D eigenvalue weighted by Gasteiger charge is 2.14. The van der Waals surface area contributed by atoms with Crippen LogP contribution in [0.3, 0.4) is 0 Å². The first-order valence-corrected chi connectivity index (χ1v) is 7.09. The van der Waals surface area contributed by atoms with Crippen molar-refractivity contribution < 1.29 is 23.4 Å². The van der Waals surface area contributed by atoms with Crippen LogP contribution in [0.25, 0.3) is 0 Å². The summed E-state index contributed by atoms with van der Waals surface area (Å²) in [5.41, 5.74) is 1.04. The second-order valence-corrected chi connectivity index (χ2v) is 5.03. The van der Waals surface area contributed by atoms with Crippen molar-refractivity contribution in [2.45, 2.75) is 12.6 Å². The van der Waals surface area contributed by atoms with Gasteiger partial charge in [0.15, 0.2) is 0 Å². The highest BCUT2D eigenvalue weighted by molar-refractivity contribution is 5.41. The first kappa shape index (κ1) is 17.2. The van der Waals surface area contributed by atoms with Crippen molar-refractivity contribution in [2.75, 3.05) is 20.8 Å². The fourth-order valence-electron chi connectivity index (χ4n) is 2.28. The molecule has 0 spiro atoms. The van der Waals surface area contributed by atoms with Gasteiger partial charge in [0.25, 0.3) is 0 Å². The molecule has 2 aromatic carbocycles. The van der Waals surface area contributed by atoms with E-state index >= 15 is 0 Å². The lowest BCUT2D eigenvalue weighted by atomic mass is 10.1. The molecule has 2 aromatic rings. The van der Waals surface area contributed by atoms with E-state index in [0.29, 0.717) is 22.6 Å². The second-order valence-electron chi connectivity index (χ2n) is 5.03. The van der Waals surface area contributed by atoms with Crippen molar-refractivity contribution in [3.05, 3.63) is 59.2 Å². The molecule has 0 aliphatic heterocycles.